The summed E-state index contributed by atoms with van der Waals surface area (Å²) in [4.78, 5) is 25.7. The fraction of sp³-hybridized carbons (Fsp3) is 0.333. The number of carbonyl (C=O) groups excluding carboxylic acids is 1. The van der Waals surface area contributed by atoms with Crippen molar-refractivity contribution in [1.29, 1.82) is 0 Å². The van der Waals surface area contributed by atoms with Crippen LogP contribution in [-0.2, 0) is 0 Å². The van der Waals surface area contributed by atoms with Gasteiger partial charge in [-0.25, -0.2) is 14.7 Å². The molecule has 0 spiro atoms. The molecule has 4 rings (SSSR count). The Morgan fingerprint density at radius 2 is 2.00 bits per heavy atom. The lowest BCUT2D eigenvalue weighted by atomic mass is 10.1. The molecule has 0 bridgehead atoms. The van der Waals surface area contributed by atoms with Crippen LogP contribution in [0, 0.1) is 0 Å². The van der Waals surface area contributed by atoms with Crippen LogP contribution in [0.5, 0.6) is 0 Å². The molecular formula is C18H21N7O. The highest BCUT2D eigenvalue weighted by Gasteiger charge is 2.25. The predicted molar refractivity (Wildman–Crippen MR) is 99.3 cm³/mol. The number of rotatable bonds is 3. The molecule has 0 radical (unpaired) electrons. The molecule has 0 atom stereocenters. The minimum absolute atomic E-state index is 0.154. The summed E-state index contributed by atoms with van der Waals surface area (Å²) >= 11 is 0. The maximum atomic E-state index is 13.1. The van der Waals surface area contributed by atoms with Crippen LogP contribution in [-0.4, -0.2) is 57.3 Å². The molecule has 134 valence electrons. The van der Waals surface area contributed by atoms with Gasteiger partial charge in [-0.2, -0.15) is 10.1 Å². The molecule has 0 aliphatic carbocycles. The minimum Gasteiger partial charge on any atom is -0.334 e. The SMILES string of the molecule is CN1CCC(NC(=O)N(c2ccccc2)c2ncc3cn[nH]c3n2)CC1. The summed E-state index contributed by atoms with van der Waals surface area (Å²) in [6, 6.07) is 9.36. The molecule has 3 heterocycles. The third-order valence-corrected chi connectivity index (χ3v) is 4.64. The second-order valence-electron chi connectivity index (χ2n) is 6.54. The van der Waals surface area contributed by atoms with E-state index in [1.165, 1.54) is 4.90 Å². The van der Waals surface area contributed by atoms with Gasteiger partial charge in [0.15, 0.2) is 5.65 Å². The number of benzene rings is 1. The molecule has 0 unspecified atom stereocenters. The number of amides is 2. The Morgan fingerprint density at radius 1 is 1.23 bits per heavy atom. The quantitative estimate of drug-likeness (QED) is 0.756. The van der Waals surface area contributed by atoms with Gasteiger partial charge in [0.1, 0.15) is 0 Å². The van der Waals surface area contributed by atoms with Crippen LogP contribution in [0.4, 0.5) is 16.4 Å². The lowest BCUT2D eigenvalue weighted by Gasteiger charge is -2.31. The lowest BCUT2D eigenvalue weighted by molar-refractivity contribution is 0.219. The number of aromatic nitrogens is 4. The van der Waals surface area contributed by atoms with Gasteiger partial charge in [0.25, 0.3) is 0 Å². The van der Waals surface area contributed by atoms with E-state index in [0.717, 1.165) is 37.0 Å². The van der Waals surface area contributed by atoms with Crippen LogP contribution in [0.15, 0.2) is 42.7 Å². The van der Waals surface area contributed by atoms with E-state index in [-0.39, 0.29) is 12.1 Å². The van der Waals surface area contributed by atoms with Gasteiger partial charge in [0, 0.05) is 12.2 Å². The lowest BCUT2D eigenvalue weighted by Crippen LogP contribution is -2.47. The Bertz CT molecular complexity index is 887. The van der Waals surface area contributed by atoms with E-state index >= 15 is 0 Å². The van der Waals surface area contributed by atoms with Crippen LogP contribution in [0.25, 0.3) is 11.0 Å². The molecule has 3 aromatic rings. The van der Waals surface area contributed by atoms with E-state index in [1.807, 2.05) is 30.3 Å². The fourth-order valence-electron chi connectivity index (χ4n) is 3.13. The van der Waals surface area contributed by atoms with Crippen molar-refractivity contribution in [2.45, 2.75) is 18.9 Å². The van der Waals surface area contributed by atoms with Crippen LogP contribution in [0.1, 0.15) is 12.8 Å². The number of H-pyrrole nitrogens is 1. The van der Waals surface area contributed by atoms with E-state index in [0.29, 0.717) is 11.6 Å². The van der Waals surface area contributed by atoms with Crippen molar-refractivity contribution in [2.24, 2.45) is 0 Å². The second kappa shape index (κ2) is 7.09. The third-order valence-electron chi connectivity index (χ3n) is 4.64. The number of nitrogens with zero attached hydrogens (tertiary/aromatic N) is 5. The molecule has 1 aliphatic rings. The smallest absolute Gasteiger partial charge is 0.329 e. The van der Waals surface area contributed by atoms with Crippen LogP contribution < -0.4 is 10.2 Å². The summed E-state index contributed by atoms with van der Waals surface area (Å²) in [5.74, 6) is 0.318. The van der Waals surface area contributed by atoms with Gasteiger partial charge in [0.2, 0.25) is 5.95 Å². The Hall–Kier alpha value is -3.00. The van der Waals surface area contributed by atoms with Gasteiger partial charge in [-0.1, -0.05) is 18.2 Å². The minimum atomic E-state index is -0.218. The van der Waals surface area contributed by atoms with E-state index in [2.05, 4.69) is 37.4 Å². The van der Waals surface area contributed by atoms with E-state index < -0.39 is 0 Å². The number of para-hydroxylation sites is 1. The molecule has 2 N–H and O–H groups in total. The number of fused-ring (bicyclic) bond motifs is 1. The molecule has 1 aromatic carbocycles. The number of hydrogen-bond donors (Lipinski definition) is 2. The summed E-state index contributed by atoms with van der Waals surface area (Å²) in [7, 11) is 2.10. The summed E-state index contributed by atoms with van der Waals surface area (Å²) in [6.07, 6.45) is 5.20. The Kier molecular flexibility index (Phi) is 4.49. The summed E-state index contributed by atoms with van der Waals surface area (Å²) in [5.41, 5.74) is 1.32. The van der Waals surface area contributed by atoms with Gasteiger partial charge < -0.3 is 10.2 Å². The van der Waals surface area contributed by atoms with Crippen molar-refractivity contribution in [3.8, 4) is 0 Å². The van der Waals surface area contributed by atoms with Gasteiger partial charge in [0.05, 0.1) is 17.3 Å². The van der Waals surface area contributed by atoms with E-state index in [9.17, 15) is 4.79 Å². The average molecular weight is 351 g/mol. The normalized spacial score (nSPS) is 15.9. The first-order valence-electron chi connectivity index (χ1n) is 8.71. The van der Waals surface area contributed by atoms with E-state index in [4.69, 9.17) is 0 Å². The maximum absolute atomic E-state index is 13.1. The van der Waals surface area contributed by atoms with Crippen molar-refractivity contribution in [2.75, 3.05) is 25.0 Å². The molecule has 0 saturated carbocycles. The monoisotopic (exact) mass is 351 g/mol. The second-order valence-corrected chi connectivity index (χ2v) is 6.54. The van der Waals surface area contributed by atoms with Crippen molar-refractivity contribution >= 4 is 28.7 Å². The van der Waals surface area contributed by atoms with Crippen LogP contribution >= 0.6 is 0 Å². The zero-order valence-corrected chi connectivity index (χ0v) is 14.6. The van der Waals surface area contributed by atoms with E-state index in [1.54, 1.807) is 12.4 Å². The summed E-state index contributed by atoms with van der Waals surface area (Å²) in [5, 5.41) is 10.7. The molecule has 8 heteroatoms. The highest BCUT2D eigenvalue weighted by Crippen LogP contribution is 2.23. The van der Waals surface area contributed by atoms with Gasteiger partial charge in [-0.15, -0.1) is 0 Å². The molecule has 26 heavy (non-hydrogen) atoms. The number of likely N-dealkylation sites (tertiary alicyclic amines) is 1. The van der Waals surface area contributed by atoms with Gasteiger partial charge in [-0.3, -0.25) is 5.10 Å². The molecule has 1 saturated heterocycles. The Morgan fingerprint density at radius 3 is 2.77 bits per heavy atom. The standard InChI is InChI=1S/C18H21N7O/c1-24-9-7-14(8-10-24)21-18(26)25(15-5-3-2-4-6-15)17-19-11-13-12-20-23-16(13)22-17/h2-6,11-12,14H,7-10H2,1H3,(H,21,26)(H,19,20,22,23). The number of carbonyl (C=O) groups is 1. The van der Waals surface area contributed by atoms with Gasteiger partial charge >= 0.3 is 6.03 Å². The largest absolute Gasteiger partial charge is 0.334 e. The molecule has 2 amide bonds. The average Bonchev–Trinajstić information content (AvgIpc) is 3.13. The van der Waals surface area contributed by atoms with Crippen molar-refractivity contribution < 1.29 is 4.79 Å². The first kappa shape index (κ1) is 16.5. The number of urea groups is 1. The predicted octanol–water partition coefficient (Wildman–Crippen LogP) is 2.29. The third kappa shape index (κ3) is 3.36. The molecule has 1 aliphatic heterocycles. The van der Waals surface area contributed by atoms with Crippen molar-refractivity contribution in [1.82, 2.24) is 30.4 Å². The fourth-order valence-corrected chi connectivity index (χ4v) is 3.13. The zero-order chi connectivity index (χ0) is 17.9. The maximum Gasteiger partial charge on any atom is 0.329 e. The Labute approximate surface area is 151 Å². The van der Waals surface area contributed by atoms with Gasteiger partial charge in [-0.05, 0) is 45.1 Å². The van der Waals surface area contributed by atoms with Crippen LogP contribution in [0.2, 0.25) is 0 Å². The molecule has 1 fully saturated rings. The van der Waals surface area contributed by atoms with Crippen molar-refractivity contribution in [3.63, 3.8) is 0 Å². The van der Waals surface area contributed by atoms with Crippen LogP contribution in [0.3, 0.4) is 0 Å². The molecule has 2 aromatic heterocycles. The first-order valence-corrected chi connectivity index (χ1v) is 8.71. The number of nitrogens with one attached hydrogen (secondary N) is 2. The molecule has 8 nitrogen and oxygen atoms in total. The topological polar surface area (TPSA) is 90.0 Å². The highest BCUT2D eigenvalue weighted by molar-refractivity contribution is 5.98. The summed E-state index contributed by atoms with van der Waals surface area (Å²) in [6.45, 7) is 1.96. The number of aromatic amines is 1. The summed E-state index contributed by atoms with van der Waals surface area (Å²) < 4.78 is 0. The highest BCUT2D eigenvalue weighted by atomic mass is 16.2. The number of hydrogen-bond acceptors (Lipinski definition) is 5. The first-order chi connectivity index (χ1) is 12.7. The number of piperidine rings is 1. The number of anilines is 2. The zero-order valence-electron chi connectivity index (χ0n) is 14.6. The Balaban J connectivity index is 1.63. The molecular weight excluding hydrogens is 330 g/mol. The van der Waals surface area contributed by atoms with Crippen molar-refractivity contribution in [3.05, 3.63) is 42.7 Å².